The fourth-order valence-corrected chi connectivity index (χ4v) is 4.18. The zero-order valence-corrected chi connectivity index (χ0v) is 20.3. The van der Waals surface area contributed by atoms with Gasteiger partial charge in [-0.15, -0.1) is 0 Å². The van der Waals surface area contributed by atoms with Crippen molar-refractivity contribution in [2.45, 2.75) is 13.5 Å². The predicted octanol–water partition coefficient (Wildman–Crippen LogP) is 4.49. The zero-order valence-electron chi connectivity index (χ0n) is 18.0. The number of benzene rings is 1. The lowest BCUT2D eigenvalue weighted by molar-refractivity contribution is 0.102. The van der Waals surface area contributed by atoms with Crippen molar-refractivity contribution >= 4 is 44.9 Å². The summed E-state index contributed by atoms with van der Waals surface area (Å²) in [4.78, 5) is 17.3. The Bertz CT molecular complexity index is 1540. The molecule has 0 aliphatic heterocycles. The van der Waals surface area contributed by atoms with Gasteiger partial charge in [0.25, 0.3) is 5.91 Å². The van der Waals surface area contributed by atoms with Crippen molar-refractivity contribution in [2.75, 3.05) is 5.32 Å². The van der Waals surface area contributed by atoms with Crippen LogP contribution in [0.5, 0.6) is 0 Å². The van der Waals surface area contributed by atoms with Crippen molar-refractivity contribution in [3.8, 4) is 11.3 Å². The predicted molar refractivity (Wildman–Crippen MR) is 128 cm³/mol. The van der Waals surface area contributed by atoms with Crippen LogP contribution in [0.1, 0.15) is 21.7 Å². The minimum atomic E-state index is -0.464. The summed E-state index contributed by atoms with van der Waals surface area (Å²) < 4.78 is 19.5. The van der Waals surface area contributed by atoms with Gasteiger partial charge >= 0.3 is 0 Å². The first-order valence-electron chi connectivity index (χ1n) is 10.1. The number of fused-ring (bicyclic) bond motifs is 1. The highest BCUT2D eigenvalue weighted by Crippen LogP contribution is 2.26. The van der Waals surface area contributed by atoms with Crippen LogP contribution >= 0.6 is 27.5 Å². The quantitative estimate of drug-likeness (QED) is 0.352. The second kappa shape index (κ2) is 8.65. The summed E-state index contributed by atoms with van der Waals surface area (Å²) in [7, 11) is 1.86. The van der Waals surface area contributed by atoms with E-state index in [-0.39, 0.29) is 18.1 Å². The second-order valence-corrected chi connectivity index (χ2v) is 8.84. The lowest BCUT2D eigenvalue weighted by Gasteiger charge is -2.06. The molecule has 0 saturated heterocycles. The van der Waals surface area contributed by atoms with Crippen LogP contribution in [0, 0.1) is 12.7 Å². The van der Waals surface area contributed by atoms with Crippen molar-refractivity contribution in [3.05, 3.63) is 81.2 Å². The highest BCUT2D eigenvalue weighted by Gasteiger charge is 2.19. The van der Waals surface area contributed by atoms with Gasteiger partial charge in [-0.05, 0) is 41.1 Å². The minimum absolute atomic E-state index is 0.103. The van der Waals surface area contributed by atoms with E-state index in [4.69, 9.17) is 11.6 Å². The Balaban J connectivity index is 1.41. The Morgan fingerprint density at radius 2 is 2.09 bits per heavy atom. The van der Waals surface area contributed by atoms with Gasteiger partial charge in [0.15, 0.2) is 17.2 Å². The monoisotopic (exact) mass is 542 g/mol. The summed E-state index contributed by atoms with van der Waals surface area (Å²) in [5, 5.41) is 16.1. The highest BCUT2D eigenvalue weighted by molar-refractivity contribution is 9.10. The van der Waals surface area contributed by atoms with Gasteiger partial charge < -0.3 is 5.32 Å². The fraction of sp³-hybridized carbons (Fsp3) is 0.136. The van der Waals surface area contributed by atoms with Crippen LogP contribution in [0.25, 0.3) is 16.9 Å². The van der Waals surface area contributed by atoms with Gasteiger partial charge in [0.2, 0.25) is 0 Å². The number of amides is 1. The third-order valence-corrected chi connectivity index (χ3v) is 6.37. The summed E-state index contributed by atoms with van der Waals surface area (Å²) in [5.41, 5.74) is 3.60. The summed E-state index contributed by atoms with van der Waals surface area (Å²) in [6, 6.07) is 7.89. The van der Waals surface area contributed by atoms with Crippen LogP contribution in [-0.2, 0) is 13.6 Å². The van der Waals surface area contributed by atoms with Gasteiger partial charge in [-0.25, -0.2) is 13.9 Å². The van der Waals surface area contributed by atoms with Crippen LogP contribution < -0.4 is 5.32 Å². The molecule has 34 heavy (non-hydrogen) atoms. The van der Waals surface area contributed by atoms with E-state index in [1.165, 1.54) is 16.8 Å². The highest BCUT2D eigenvalue weighted by atomic mass is 79.9. The van der Waals surface area contributed by atoms with E-state index in [1.54, 1.807) is 39.9 Å². The minimum Gasteiger partial charge on any atom is -0.303 e. The molecular formula is C22H17BrClFN8O. The zero-order chi connectivity index (χ0) is 24.0. The number of carbonyl (C=O) groups excluding carboxylic acids is 1. The Labute approximate surface area is 206 Å². The van der Waals surface area contributed by atoms with Crippen molar-refractivity contribution < 1.29 is 9.18 Å². The van der Waals surface area contributed by atoms with E-state index in [0.29, 0.717) is 20.7 Å². The molecule has 12 heteroatoms. The first kappa shape index (κ1) is 22.2. The SMILES string of the molecule is Cc1c(-c2ccnc3cc(C(=O)Nc4nn(Cc5c(F)cccc5Cl)cc4Br)nn23)cnn1C. The summed E-state index contributed by atoms with van der Waals surface area (Å²) in [6.07, 6.45) is 5.04. The van der Waals surface area contributed by atoms with E-state index >= 15 is 0 Å². The molecular weight excluding hydrogens is 527 g/mol. The van der Waals surface area contributed by atoms with Crippen molar-refractivity contribution in [3.63, 3.8) is 0 Å². The third kappa shape index (κ3) is 3.97. The lowest BCUT2D eigenvalue weighted by Crippen LogP contribution is -2.14. The van der Waals surface area contributed by atoms with Crippen LogP contribution in [0.3, 0.4) is 0 Å². The Hall–Kier alpha value is -3.57. The average molecular weight is 544 g/mol. The molecule has 1 N–H and O–H groups in total. The molecule has 5 rings (SSSR count). The van der Waals surface area contributed by atoms with Gasteiger partial charge in [0.05, 0.1) is 22.9 Å². The third-order valence-electron chi connectivity index (χ3n) is 5.43. The van der Waals surface area contributed by atoms with Gasteiger partial charge in [-0.1, -0.05) is 17.7 Å². The molecule has 0 atom stereocenters. The van der Waals surface area contributed by atoms with Crippen LogP contribution in [-0.4, -0.2) is 40.1 Å². The van der Waals surface area contributed by atoms with Gasteiger partial charge in [-0.3, -0.25) is 14.2 Å². The molecule has 9 nitrogen and oxygen atoms in total. The average Bonchev–Trinajstić information content (AvgIpc) is 3.49. The molecule has 0 bridgehead atoms. The molecule has 0 spiro atoms. The molecule has 0 aliphatic rings. The van der Waals surface area contributed by atoms with Crippen LogP contribution in [0.15, 0.2) is 53.4 Å². The maximum atomic E-state index is 14.1. The number of anilines is 1. The van der Waals surface area contributed by atoms with Crippen molar-refractivity contribution in [1.82, 2.24) is 34.2 Å². The van der Waals surface area contributed by atoms with E-state index in [1.807, 2.05) is 20.0 Å². The molecule has 0 fully saturated rings. The molecule has 4 aromatic heterocycles. The molecule has 1 aromatic carbocycles. The molecule has 5 aromatic rings. The van der Waals surface area contributed by atoms with Crippen LogP contribution in [0.4, 0.5) is 10.2 Å². The van der Waals surface area contributed by atoms with E-state index in [2.05, 4.69) is 41.5 Å². The number of hydrogen-bond acceptors (Lipinski definition) is 5. The van der Waals surface area contributed by atoms with Crippen molar-refractivity contribution in [2.24, 2.45) is 7.05 Å². The number of hydrogen-bond donors (Lipinski definition) is 1. The molecule has 0 saturated carbocycles. The number of nitrogens with zero attached hydrogens (tertiary/aromatic N) is 7. The fourth-order valence-electron chi connectivity index (χ4n) is 3.54. The molecule has 0 unspecified atom stereocenters. The molecule has 172 valence electrons. The van der Waals surface area contributed by atoms with Gasteiger partial charge in [0, 0.05) is 47.4 Å². The maximum Gasteiger partial charge on any atom is 0.277 e. The topological polar surface area (TPSA) is 94.9 Å². The van der Waals surface area contributed by atoms with E-state index in [0.717, 1.165) is 17.0 Å². The first-order chi connectivity index (χ1) is 16.3. The van der Waals surface area contributed by atoms with E-state index in [9.17, 15) is 9.18 Å². The lowest BCUT2D eigenvalue weighted by atomic mass is 10.2. The molecule has 4 heterocycles. The van der Waals surface area contributed by atoms with Crippen LogP contribution in [0.2, 0.25) is 5.02 Å². The smallest absolute Gasteiger partial charge is 0.277 e. The standard InChI is InChI=1S/C22H17BrClFN8O/c1-12-13(9-27-31(12)2)19-6-7-26-20-8-18(29-33(19)20)22(34)28-21-15(23)11-32(30-21)10-14-16(24)4-3-5-17(14)25/h3-9,11H,10H2,1-2H3,(H,28,30,34). The normalized spacial score (nSPS) is 11.3. The van der Waals surface area contributed by atoms with Gasteiger partial charge in [0.1, 0.15) is 5.82 Å². The largest absolute Gasteiger partial charge is 0.303 e. The Morgan fingerprint density at radius 1 is 1.26 bits per heavy atom. The number of aromatic nitrogens is 7. The maximum absolute atomic E-state index is 14.1. The number of rotatable bonds is 5. The van der Waals surface area contributed by atoms with Gasteiger partial charge in [-0.2, -0.15) is 15.3 Å². The number of aryl methyl sites for hydroxylation is 1. The number of halogens is 3. The second-order valence-electron chi connectivity index (χ2n) is 7.57. The number of carbonyl (C=O) groups is 1. The number of nitrogens with one attached hydrogen (secondary N) is 1. The first-order valence-corrected chi connectivity index (χ1v) is 11.3. The Morgan fingerprint density at radius 3 is 2.82 bits per heavy atom. The van der Waals surface area contributed by atoms with Crippen molar-refractivity contribution in [1.29, 1.82) is 0 Å². The Kier molecular flexibility index (Phi) is 5.66. The molecule has 1 amide bonds. The van der Waals surface area contributed by atoms with E-state index < -0.39 is 11.7 Å². The molecule has 0 aliphatic carbocycles. The molecule has 0 radical (unpaired) electrons. The summed E-state index contributed by atoms with van der Waals surface area (Å²) in [6.45, 7) is 2.06. The summed E-state index contributed by atoms with van der Waals surface area (Å²) in [5.74, 6) is -0.624. The summed E-state index contributed by atoms with van der Waals surface area (Å²) >= 11 is 9.50.